The molecule has 1 aliphatic heterocycles. The summed E-state index contributed by atoms with van der Waals surface area (Å²) in [7, 11) is 0. The van der Waals surface area contributed by atoms with E-state index >= 15 is 0 Å². The van der Waals surface area contributed by atoms with Gasteiger partial charge in [0, 0.05) is 17.3 Å². The molecule has 2 rings (SSSR count). The molecule has 2 heteroatoms. The van der Waals surface area contributed by atoms with Crippen LogP contribution in [0.1, 0.15) is 28.4 Å². The van der Waals surface area contributed by atoms with E-state index in [1.165, 1.54) is 5.56 Å². The van der Waals surface area contributed by atoms with Crippen LogP contribution in [0.4, 0.5) is 0 Å². The molecule has 0 spiro atoms. The van der Waals surface area contributed by atoms with Crippen LogP contribution in [0.5, 0.6) is 0 Å². The van der Waals surface area contributed by atoms with Gasteiger partial charge >= 0.3 is 0 Å². The third-order valence-electron chi connectivity index (χ3n) is 2.29. The monoisotopic (exact) mass is 173 g/mol. The Bertz CT molecular complexity index is 380. The predicted molar refractivity (Wildman–Crippen MR) is 52.6 cm³/mol. The molecule has 0 bridgehead atoms. The van der Waals surface area contributed by atoms with Crippen LogP contribution in [-0.2, 0) is 6.42 Å². The molecule has 0 unspecified atom stereocenters. The highest BCUT2D eigenvalue weighted by Gasteiger charge is 2.13. The van der Waals surface area contributed by atoms with E-state index in [-0.39, 0.29) is 5.78 Å². The molecule has 0 radical (unpaired) electrons. The minimum Gasteiger partial charge on any atom is -0.292 e. The minimum atomic E-state index is 0.125. The first-order chi connectivity index (χ1) is 6.31. The Morgan fingerprint density at radius 1 is 1.46 bits per heavy atom. The van der Waals surface area contributed by atoms with Crippen LogP contribution < -0.4 is 0 Å². The van der Waals surface area contributed by atoms with E-state index in [4.69, 9.17) is 0 Å². The summed E-state index contributed by atoms with van der Waals surface area (Å²) in [5.41, 5.74) is 3.03. The van der Waals surface area contributed by atoms with Gasteiger partial charge in [-0.2, -0.15) is 0 Å². The fourth-order valence-corrected chi connectivity index (χ4v) is 1.50. The molecular formula is C11H11NO. The van der Waals surface area contributed by atoms with E-state index in [0.717, 1.165) is 17.5 Å². The van der Waals surface area contributed by atoms with Crippen LogP contribution in [0.2, 0.25) is 0 Å². The number of nitrogens with zero attached hydrogens (tertiary/aromatic N) is 1. The Balaban J connectivity index is 2.53. The van der Waals surface area contributed by atoms with Gasteiger partial charge in [0.2, 0.25) is 0 Å². The molecule has 1 aromatic carbocycles. The molecule has 1 aliphatic rings. The molecule has 13 heavy (non-hydrogen) atoms. The van der Waals surface area contributed by atoms with Crippen LogP contribution in [0.25, 0.3) is 0 Å². The molecule has 0 fully saturated rings. The number of ketones is 1. The van der Waals surface area contributed by atoms with Crippen molar-refractivity contribution in [1.82, 2.24) is 0 Å². The number of benzene rings is 1. The number of fused-ring (bicyclic) bond motifs is 1. The van der Waals surface area contributed by atoms with Gasteiger partial charge in [0.1, 0.15) is 6.54 Å². The Morgan fingerprint density at radius 3 is 3.08 bits per heavy atom. The normalized spacial score (nSPS) is 14.4. The number of hydrogen-bond donors (Lipinski definition) is 0. The summed E-state index contributed by atoms with van der Waals surface area (Å²) in [4.78, 5) is 15.4. The average Bonchev–Trinajstić information content (AvgIpc) is 2.18. The first-order valence-corrected chi connectivity index (χ1v) is 4.47. The van der Waals surface area contributed by atoms with Crippen LogP contribution in [0.3, 0.4) is 0 Å². The van der Waals surface area contributed by atoms with Gasteiger partial charge in [-0.05, 0) is 18.1 Å². The van der Waals surface area contributed by atoms with Gasteiger partial charge in [0.25, 0.3) is 0 Å². The lowest BCUT2D eigenvalue weighted by atomic mass is 9.98. The van der Waals surface area contributed by atoms with Gasteiger partial charge < -0.3 is 0 Å². The van der Waals surface area contributed by atoms with Crippen molar-refractivity contribution in [3.8, 4) is 0 Å². The third-order valence-corrected chi connectivity index (χ3v) is 2.29. The number of rotatable bonds is 1. The van der Waals surface area contributed by atoms with Crippen molar-refractivity contribution in [3.63, 3.8) is 0 Å². The SMILES string of the molecule is CCc1ccc2c(c1)C=NCC2=O. The van der Waals surface area contributed by atoms with Crippen LogP contribution >= 0.6 is 0 Å². The number of aryl methyl sites for hydroxylation is 1. The Kier molecular flexibility index (Phi) is 1.97. The predicted octanol–water partition coefficient (Wildman–Crippen LogP) is 1.86. The van der Waals surface area contributed by atoms with Crippen LogP contribution in [-0.4, -0.2) is 18.5 Å². The molecule has 2 nitrogen and oxygen atoms in total. The number of carbonyl (C=O) groups excluding carboxylic acids is 1. The minimum absolute atomic E-state index is 0.125. The standard InChI is InChI=1S/C11H11NO/c1-2-8-3-4-10-9(5-8)6-12-7-11(10)13/h3-6H,2,7H2,1H3. The molecular weight excluding hydrogens is 162 g/mol. The number of Topliss-reactive ketones (excluding diaryl/α,β-unsaturated/α-hetero) is 1. The maximum absolute atomic E-state index is 11.4. The van der Waals surface area contributed by atoms with Crippen molar-refractivity contribution >= 4 is 12.0 Å². The second kappa shape index (κ2) is 3.13. The van der Waals surface area contributed by atoms with Crippen molar-refractivity contribution in [2.75, 3.05) is 6.54 Å². The smallest absolute Gasteiger partial charge is 0.184 e. The van der Waals surface area contributed by atoms with Crippen LogP contribution in [0.15, 0.2) is 23.2 Å². The highest BCUT2D eigenvalue weighted by Crippen LogP contribution is 2.14. The van der Waals surface area contributed by atoms with Gasteiger partial charge in [-0.3, -0.25) is 9.79 Å². The maximum Gasteiger partial charge on any atom is 0.184 e. The van der Waals surface area contributed by atoms with Crippen LogP contribution in [0, 0.1) is 0 Å². The largest absolute Gasteiger partial charge is 0.292 e. The highest BCUT2D eigenvalue weighted by molar-refractivity contribution is 6.08. The van der Waals surface area contributed by atoms with Gasteiger partial charge in [-0.25, -0.2) is 0 Å². The van der Waals surface area contributed by atoms with Crippen molar-refractivity contribution in [2.24, 2.45) is 4.99 Å². The molecule has 0 amide bonds. The summed E-state index contributed by atoms with van der Waals surface area (Å²) in [6.45, 7) is 2.40. The second-order valence-electron chi connectivity index (χ2n) is 3.17. The lowest BCUT2D eigenvalue weighted by Gasteiger charge is -2.09. The number of hydrogen-bond acceptors (Lipinski definition) is 2. The molecule has 1 heterocycles. The fraction of sp³-hybridized carbons (Fsp3) is 0.273. The van der Waals surface area contributed by atoms with Gasteiger partial charge in [-0.15, -0.1) is 0 Å². The highest BCUT2D eigenvalue weighted by atomic mass is 16.1. The van der Waals surface area contributed by atoms with Crippen molar-refractivity contribution in [1.29, 1.82) is 0 Å². The first kappa shape index (κ1) is 8.17. The Hall–Kier alpha value is -1.44. The van der Waals surface area contributed by atoms with E-state index in [1.54, 1.807) is 6.21 Å². The number of aliphatic imine (C=N–C) groups is 1. The molecule has 66 valence electrons. The van der Waals surface area contributed by atoms with Gasteiger partial charge in [0.05, 0.1) is 0 Å². The summed E-state index contributed by atoms with van der Waals surface area (Å²) in [5, 5.41) is 0. The topological polar surface area (TPSA) is 29.4 Å². The molecule has 0 saturated heterocycles. The Morgan fingerprint density at radius 2 is 2.31 bits per heavy atom. The average molecular weight is 173 g/mol. The lowest BCUT2D eigenvalue weighted by molar-refractivity contribution is 0.100. The lowest BCUT2D eigenvalue weighted by Crippen LogP contribution is -2.12. The van der Waals surface area contributed by atoms with E-state index in [0.29, 0.717) is 6.54 Å². The molecule has 0 N–H and O–H groups in total. The van der Waals surface area contributed by atoms with Gasteiger partial charge in [0.15, 0.2) is 5.78 Å². The van der Waals surface area contributed by atoms with E-state index in [2.05, 4.69) is 11.9 Å². The zero-order chi connectivity index (χ0) is 9.26. The molecule has 0 saturated carbocycles. The zero-order valence-electron chi connectivity index (χ0n) is 7.58. The quantitative estimate of drug-likeness (QED) is 0.637. The van der Waals surface area contributed by atoms with E-state index < -0.39 is 0 Å². The van der Waals surface area contributed by atoms with Crippen molar-refractivity contribution in [2.45, 2.75) is 13.3 Å². The third kappa shape index (κ3) is 1.39. The molecule has 0 atom stereocenters. The molecule has 0 aliphatic carbocycles. The van der Waals surface area contributed by atoms with E-state index in [1.807, 2.05) is 18.2 Å². The summed E-state index contributed by atoms with van der Waals surface area (Å²) >= 11 is 0. The first-order valence-electron chi connectivity index (χ1n) is 4.47. The zero-order valence-corrected chi connectivity index (χ0v) is 7.58. The summed E-state index contributed by atoms with van der Waals surface area (Å²) in [6, 6.07) is 5.95. The van der Waals surface area contributed by atoms with Crippen molar-refractivity contribution in [3.05, 3.63) is 34.9 Å². The summed E-state index contributed by atoms with van der Waals surface area (Å²) in [6.07, 6.45) is 2.78. The second-order valence-corrected chi connectivity index (χ2v) is 3.17. The maximum atomic E-state index is 11.4. The number of carbonyl (C=O) groups is 1. The summed E-state index contributed by atoms with van der Waals surface area (Å²) in [5.74, 6) is 0.125. The van der Waals surface area contributed by atoms with E-state index in [9.17, 15) is 4.79 Å². The Labute approximate surface area is 77.3 Å². The molecule has 0 aromatic heterocycles. The van der Waals surface area contributed by atoms with Crippen molar-refractivity contribution < 1.29 is 4.79 Å². The molecule has 1 aromatic rings. The summed E-state index contributed by atoms with van der Waals surface area (Å²) < 4.78 is 0. The fourth-order valence-electron chi connectivity index (χ4n) is 1.50. The van der Waals surface area contributed by atoms with Gasteiger partial charge in [-0.1, -0.05) is 19.1 Å².